The van der Waals surface area contributed by atoms with Gasteiger partial charge in [0.05, 0.1) is 0 Å². The number of primary amides is 2. The third-order valence-corrected chi connectivity index (χ3v) is 5.25. The fraction of sp³-hybridized carbons (Fsp3) is 0.259. The number of aryl methyl sites for hydroxylation is 1. The third kappa shape index (κ3) is 8.92. The molecule has 0 fully saturated rings. The Labute approximate surface area is 204 Å². The number of carbonyl (C=O) groups excluding carboxylic acids is 2. The number of hydrogen-bond acceptors (Lipinski definition) is 6. The van der Waals surface area contributed by atoms with E-state index >= 15 is 0 Å². The average molecular weight is 479 g/mol. The summed E-state index contributed by atoms with van der Waals surface area (Å²) in [5, 5.41) is 0. The van der Waals surface area contributed by atoms with Crippen molar-refractivity contribution in [1.29, 1.82) is 0 Å². The molecular formula is C27H30N2O6. The largest absolute Gasteiger partial charge is 0.490 e. The van der Waals surface area contributed by atoms with E-state index < -0.39 is 24.4 Å². The van der Waals surface area contributed by atoms with Crippen LogP contribution in [0.15, 0.2) is 78.9 Å². The van der Waals surface area contributed by atoms with E-state index in [1.807, 2.05) is 85.8 Å². The van der Waals surface area contributed by atoms with Crippen LogP contribution in [0.2, 0.25) is 0 Å². The Hall–Kier alpha value is -4.20. The average Bonchev–Trinajstić information content (AvgIpc) is 2.84. The van der Waals surface area contributed by atoms with Crippen molar-refractivity contribution in [2.24, 2.45) is 11.5 Å². The van der Waals surface area contributed by atoms with Crippen LogP contribution in [0.4, 0.5) is 9.59 Å². The molecule has 0 saturated heterocycles. The van der Waals surface area contributed by atoms with Crippen LogP contribution < -0.4 is 20.9 Å². The molecule has 0 aromatic heterocycles. The van der Waals surface area contributed by atoms with Crippen LogP contribution in [0.5, 0.6) is 11.5 Å². The summed E-state index contributed by atoms with van der Waals surface area (Å²) in [7, 11) is 0. The summed E-state index contributed by atoms with van der Waals surface area (Å²) in [6, 6.07) is 24.4. The summed E-state index contributed by atoms with van der Waals surface area (Å²) in [6.07, 6.45) is -2.11. The minimum absolute atomic E-state index is 0.147. The lowest BCUT2D eigenvalue weighted by molar-refractivity contribution is 0.0713. The molecule has 0 saturated carbocycles. The Morgan fingerprint density at radius 2 is 1.20 bits per heavy atom. The normalized spacial score (nSPS) is 12.3. The maximum atomic E-state index is 11.5. The lowest BCUT2D eigenvalue weighted by Crippen LogP contribution is -2.31. The van der Waals surface area contributed by atoms with Crippen molar-refractivity contribution >= 4 is 12.2 Å². The van der Waals surface area contributed by atoms with Crippen LogP contribution in [0.25, 0.3) is 0 Å². The third-order valence-electron chi connectivity index (χ3n) is 5.25. The van der Waals surface area contributed by atoms with E-state index in [-0.39, 0.29) is 13.2 Å². The molecule has 3 rings (SSSR count). The first-order chi connectivity index (χ1) is 16.9. The second-order valence-corrected chi connectivity index (χ2v) is 8.03. The second kappa shape index (κ2) is 12.9. The molecule has 8 nitrogen and oxygen atoms in total. The molecule has 0 aliphatic carbocycles. The highest BCUT2D eigenvalue weighted by Crippen LogP contribution is 2.19. The molecule has 0 bridgehead atoms. The molecule has 2 unspecified atom stereocenters. The first kappa shape index (κ1) is 25.4. The van der Waals surface area contributed by atoms with Crippen molar-refractivity contribution in [3.63, 3.8) is 0 Å². The van der Waals surface area contributed by atoms with Crippen LogP contribution in [-0.2, 0) is 22.3 Å². The quantitative estimate of drug-likeness (QED) is 0.403. The highest BCUT2D eigenvalue weighted by atomic mass is 16.6. The molecule has 0 radical (unpaired) electrons. The number of benzene rings is 3. The molecule has 4 N–H and O–H groups in total. The second-order valence-electron chi connectivity index (χ2n) is 8.03. The predicted octanol–water partition coefficient (Wildman–Crippen LogP) is 4.17. The van der Waals surface area contributed by atoms with Gasteiger partial charge in [-0.2, -0.15) is 0 Å². The van der Waals surface area contributed by atoms with Gasteiger partial charge in [0.2, 0.25) is 0 Å². The zero-order chi connectivity index (χ0) is 25.0. The summed E-state index contributed by atoms with van der Waals surface area (Å²) in [4.78, 5) is 22.9. The molecule has 2 atom stereocenters. The maximum Gasteiger partial charge on any atom is 0.404 e. The molecule has 184 valence electrons. The Kier molecular flexibility index (Phi) is 9.36. The molecule has 0 spiro atoms. The van der Waals surface area contributed by atoms with Crippen LogP contribution in [-0.4, -0.2) is 37.6 Å². The number of nitrogens with two attached hydrogens (primary N) is 2. The number of amides is 2. The van der Waals surface area contributed by atoms with Gasteiger partial charge >= 0.3 is 12.2 Å². The van der Waals surface area contributed by atoms with E-state index in [4.69, 9.17) is 30.4 Å². The fourth-order valence-corrected chi connectivity index (χ4v) is 3.59. The summed E-state index contributed by atoms with van der Waals surface area (Å²) in [5.41, 5.74) is 13.4. The summed E-state index contributed by atoms with van der Waals surface area (Å²) >= 11 is 0. The van der Waals surface area contributed by atoms with Crippen LogP contribution in [0, 0.1) is 6.92 Å². The van der Waals surface area contributed by atoms with E-state index in [2.05, 4.69) is 0 Å². The van der Waals surface area contributed by atoms with Gasteiger partial charge < -0.3 is 30.4 Å². The van der Waals surface area contributed by atoms with Crippen molar-refractivity contribution in [3.05, 3.63) is 95.6 Å². The number of ether oxygens (including phenoxy) is 4. The van der Waals surface area contributed by atoms with E-state index in [1.165, 1.54) is 0 Å². The minimum atomic E-state index is -0.869. The van der Waals surface area contributed by atoms with Crippen LogP contribution in [0.3, 0.4) is 0 Å². The van der Waals surface area contributed by atoms with Gasteiger partial charge in [-0.05, 0) is 47.9 Å². The van der Waals surface area contributed by atoms with E-state index in [0.717, 1.165) is 16.7 Å². The van der Waals surface area contributed by atoms with E-state index in [1.54, 1.807) is 0 Å². The molecule has 35 heavy (non-hydrogen) atoms. The molecule has 3 aromatic carbocycles. The zero-order valence-corrected chi connectivity index (χ0v) is 19.6. The zero-order valence-electron chi connectivity index (χ0n) is 19.6. The fourth-order valence-electron chi connectivity index (χ4n) is 3.59. The smallest absolute Gasteiger partial charge is 0.404 e. The van der Waals surface area contributed by atoms with Gasteiger partial charge in [-0.3, -0.25) is 0 Å². The van der Waals surface area contributed by atoms with Gasteiger partial charge in [0.25, 0.3) is 0 Å². The molecular weight excluding hydrogens is 448 g/mol. The Morgan fingerprint density at radius 1 is 0.714 bits per heavy atom. The van der Waals surface area contributed by atoms with Crippen molar-refractivity contribution in [2.75, 3.05) is 13.2 Å². The van der Waals surface area contributed by atoms with Gasteiger partial charge in [-0.1, -0.05) is 54.6 Å². The van der Waals surface area contributed by atoms with Crippen molar-refractivity contribution in [1.82, 2.24) is 0 Å². The topological polar surface area (TPSA) is 123 Å². The monoisotopic (exact) mass is 478 g/mol. The number of hydrogen-bond donors (Lipinski definition) is 2. The van der Waals surface area contributed by atoms with Crippen molar-refractivity contribution in [3.8, 4) is 11.5 Å². The first-order valence-corrected chi connectivity index (χ1v) is 11.3. The number of rotatable bonds is 12. The first-order valence-electron chi connectivity index (χ1n) is 11.3. The molecule has 0 aliphatic heterocycles. The standard InChI is InChI=1S/C27H30N2O6/c1-19-12-13-20(15-24(34-26(28)30)17-32-22-8-4-2-5-9-22)14-21(19)16-25(35-27(29)31)18-33-23-10-6-3-7-11-23/h2-14,24-25H,15-18H2,1H3,(H2,28,30)(H2,29,31). The van der Waals surface area contributed by atoms with Crippen LogP contribution >= 0.6 is 0 Å². The van der Waals surface area contributed by atoms with Crippen LogP contribution in [0.1, 0.15) is 16.7 Å². The lowest BCUT2D eigenvalue weighted by atomic mass is 9.97. The highest BCUT2D eigenvalue weighted by Gasteiger charge is 2.19. The van der Waals surface area contributed by atoms with E-state index in [9.17, 15) is 9.59 Å². The van der Waals surface area contributed by atoms with Gasteiger partial charge in [0.15, 0.2) is 0 Å². The number of para-hydroxylation sites is 2. The van der Waals surface area contributed by atoms with Gasteiger partial charge in [-0.25, -0.2) is 9.59 Å². The summed E-state index contributed by atoms with van der Waals surface area (Å²) in [6.45, 7) is 2.26. The van der Waals surface area contributed by atoms with Gasteiger partial charge in [0.1, 0.15) is 36.9 Å². The van der Waals surface area contributed by atoms with E-state index in [0.29, 0.717) is 24.3 Å². The lowest BCUT2D eigenvalue weighted by Gasteiger charge is -2.20. The Balaban J connectivity index is 1.69. The molecule has 8 heteroatoms. The SMILES string of the molecule is Cc1ccc(CC(COc2ccccc2)OC(N)=O)cc1CC(COc1ccccc1)OC(N)=O. The molecule has 0 heterocycles. The Bertz CT molecular complexity index is 1090. The number of carbonyl (C=O) groups is 2. The van der Waals surface area contributed by atoms with Gasteiger partial charge in [0, 0.05) is 12.8 Å². The Morgan fingerprint density at radius 3 is 1.69 bits per heavy atom. The molecule has 0 aliphatic rings. The predicted molar refractivity (Wildman–Crippen MR) is 131 cm³/mol. The minimum Gasteiger partial charge on any atom is -0.490 e. The molecule has 2 amide bonds. The molecule has 3 aromatic rings. The van der Waals surface area contributed by atoms with Crippen molar-refractivity contribution < 1.29 is 28.5 Å². The maximum absolute atomic E-state index is 11.5. The summed E-state index contributed by atoms with van der Waals surface area (Å²) in [5.74, 6) is 1.33. The van der Waals surface area contributed by atoms with Crippen molar-refractivity contribution in [2.45, 2.75) is 32.0 Å². The van der Waals surface area contributed by atoms with Gasteiger partial charge in [-0.15, -0.1) is 0 Å². The highest BCUT2D eigenvalue weighted by molar-refractivity contribution is 5.65. The summed E-state index contributed by atoms with van der Waals surface area (Å²) < 4.78 is 22.1.